The zero-order valence-electron chi connectivity index (χ0n) is 19.4. The quantitative estimate of drug-likeness (QED) is 0.239. The Labute approximate surface area is 214 Å². The van der Waals surface area contributed by atoms with Crippen molar-refractivity contribution in [2.45, 2.75) is 51.4 Å². The van der Waals surface area contributed by atoms with Crippen LogP contribution in [0.3, 0.4) is 0 Å². The van der Waals surface area contributed by atoms with Gasteiger partial charge in [0.15, 0.2) is 0 Å². The van der Waals surface area contributed by atoms with E-state index in [0.717, 1.165) is 11.4 Å². The maximum Gasteiger partial charge on any atom is 0.310 e. The first-order chi connectivity index (χ1) is 15.9. The van der Waals surface area contributed by atoms with Gasteiger partial charge >= 0.3 is 5.69 Å². The van der Waals surface area contributed by atoms with E-state index >= 15 is 0 Å². The minimum Gasteiger partial charge on any atom is -0.396 e. The molecule has 2 aromatic rings. The number of halogens is 4. The number of aromatic nitrogens is 2. The standard InChI is InChI=1S/C11H13F2N3O2.C11H15F2N3.Pd/c1-8-6-9(10(7-14-8)16(17)18)15-4-2-11(12,13)3-5-15;1-8-6-10(9(14)7-15-8)16-4-2-11(12,13)3-5-16;/h6-7H,2-5H2,1H3;6-7H,2-5,14H2,1H3;. The average molecular weight is 591 g/mol. The molecule has 0 aromatic carbocycles. The smallest absolute Gasteiger partial charge is 0.310 e. The summed E-state index contributed by atoms with van der Waals surface area (Å²) in [6.07, 6.45) is 2.01. The van der Waals surface area contributed by atoms with Crippen LogP contribution in [0.25, 0.3) is 0 Å². The van der Waals surface area contributed by atoms with Gasteiger partial charge in [0.1, 0.15) is 11.9 Å². The number of rotatable bonds is 3. The Hall–Kier alpha value is -2.52. The SMILES string of the molecule is Cc1cc(N2CCC(F)(F)CC2)c(N)cn1.Cc1cc(N2CCC(F)(F)CC2)c([N+](=O)[O-])cn1.[Pd]. The normalized spacial score (nSPS) is 18.7. The zero-order valence-corrected chi connectivity index (χ0v) is 21.0. The second kappa shape index (κ2) is 11.5. The van der Waals surface area contributed by atoms with Gasteiger partial charge in [0.05, 0.1) is 22.5 Å². The third-order valence-electron chi connectivity index (χ3n) is 5.92. The molecule has 0 spiro atoms. The summed E-state index contributed by atoms with van der Waals surface area (Å²) in [4.78, 5) is 21.8. The molecule has 13 heteroatoms. The molecule has 0 atom stereocenters. The molecule has 196 valence electrons. The van der Waals surface area contributed by atoms with Crippen molar-refractivity contribution in [3.63, 3.8) is 0 Å². The van der Waals surface area contributed by atoms with Crippen LogP contribution in [0.5, 0.6) is 0 Å². The molecule has 0 bridgehead atoms. The van der Waals surface area contributed by atoms with E-state index in [2.05, 4.69) is 9.97 Å². The third kappa shape index (κ3) is 7.73. The summed E-state index contributed by atoms with van der Waals surface area (Å²) in [7, 11) is 0. The topological polar surface area (TPSA) is 101 Å². The summed E-state index contributed by atoms with van der Waals surface area (Å²) < 4.78 is 52.1. The monoisotopic (exact) mass is 590 g/mol. The predicted octanol–water partition coefficient (Wildman–Crippen LogP) is 4.74. The van der Waals surface area contributed by atoms with E-state index in [0.29, 0.717) is 30.2 Å². The van der Waals surface area contributed by atoms with Crippen LogP contribution < -0.4 is 15.5 Å². The van der Waals surface area contributed by atoms with E-state index < -0.39 is 16.8 Å². The second-order valence-corrected chi connectivity index (χ2v) is 8.64. The van der Waals surface area contributed by atoms with Crippen LogP contribution in [0, 0.1) is 24.0 Å². The number of alkyl halides is 4. The van der Waals surface area contributed by atoms with E-state index in [1.54, 1.807) is 24.1 Å². The van der Waals surface area contributed by atoms with Crippen molar-refractivity contribution in [3.05, 3.63) is 46.0 Å². The summed E-state index contributed by atoms with van der Waals surface area (Å²) in [6, 6.07) is 3.42. The van der Waals surface area contributed by atoms with E-state index in [9.17, 15) is 27.7 Å². The Bertz CT molecular complexity index is 1020. The van der Waals surface area contributed by atoms with Gasteiger partial charge in [-0.1, -0.05) is 0 Å². The third-order valence-corrected chi connectivity index (χ3v) is 5.92. The molecule has 0 radical (unpaired) electrons. The molecule has 35 heavy (non-hydrogen) atoms. The van der Waals surface area contributed by atoms with E-state index in [1.807, 2.05) is 17.9 Å². The van der Waals surface area contributed by atoms with Crippen molar-refractivity contribution < 1.29 is 42.9 Å². The van der Waals surface area contributed by atoms with Gasteiger partial charge < -0.3 is 15.5 Å². The number of nitro groups is 1. The number of aryl methyl sites for hydroxylation is 2. The number of nitrogens with two attached hydrogens (primary N) is 1. The minimum atomic E-state index is -2.66. The summed E-state index contributed by atoms with van der Waals surface area (Å²) >= 11 is 0. The first-order valence-electron chi connectivity index (χ1n) is 11.0. The van der Waals surface area contributed by atoms with Crippen LogP contribution in [0.15, 0.2) is 24.5 Å². The van der Waals surface area contributed by atoms with E-state index in [4.69, 9.17) is 5.73 Å². The number of piperidine rings is 2. The van der Waals surface area contributed by atoms with Gasteiger partial charge in [0.25, 0.3) is 11.8 Å². The first-order valence-corrected chi connectivity index (χ1v) is 11.0. The second-order valence-electron chi connectivity index (χ2n) is 8.64. The van der Waals surface area contributed by atoms with Crippen molar-refractivity contribution in [2.24, 2.45) is 0 Å². The summed E-state index contributed by atoms with van der Waals surface area (Å²) in [5.41, 5.74) is 8.90. The van der Waals surface area contributed by atoms with Crippen molar-refractivity contribution in [2.75, 3.05) is 41.7 Å². The van der Waals surface area contributed by atoms with Gasteiger partial charge in [-0.05, 0) is 26.0 Å². The Morgan fingerprint density at radius 3 is 1.71 bits per heavy atom. The fourth-order valence-corrected chi connectivity index (χ4v) is 3.91. The summed E-state index contributed by atoms with van der Waals surface area (Å²) in [6.45, 7) is 4.52. The number of anilines is 3. The van der Waals surface area contributed by atoms with Crippen LogP contribution in [-0.2, 0) is 20.4 Å². The molecule has 2 aliphatic heterocycles. The van der Waals surface area contributed by atoms with Gasteiger partial charge in [-0.25, -0.2) is 17.6 Å². The molecule has 4 rings (SSSR count). The van der Waals surface area contributed by atoms with Crippen molar-refractivity contribution >= 4 is 22.7 Å². The van der Waals surface area contributed by atoms with Crippen molar-refractivity contribution in [1.82, 2.24) is 9.97 Å². The van der Waals surface area contributed by atoms with Crippen LogP contribution >= 0.6 is 0 Å². The molecule has 4 heterocycles. The number of hydrogen-bond donors (Lipinski definition) is 1. The molecule has 2 fully saturated rings. The Morgan fingerprint density at radius 1 is 0.857 bits per heavy atom. The maximum atomic E-state index is 13.1. The molecule has 0 amide bonds. The Kier molecular flexibility index (Phi) is 9.42. The molecule has 0 aliphatic carbocycles. The van der Waals surface area contributed by atoms with Crippen molar-refractivity contribution in [3.8, 4) is 0 Å². The fourth-order valence-electron chi connectivity index (χ4n) is 3.91. The molecule has 8 nitrogen and oxygen atoms in total. The number of nitrogens with zero attached hydrogens (tertiary/aromatic N) is 5. The van der Waals surface area contributed by atoms with Crippen LogP contribution in [-0.4, -0.2) is 52.9 Å². The maximum absolute atomic E-state index is 13.1. The van der Waals surface area contributed by atoms with Gasteiger partial charge in [-0.2, -0.15) is 0 Å². The average Bonchev–Trinajstić information content (AvgIpc) is 2.76. The largest absolute Gasteiger partial charge is 0.396 e. The van der Waals surface area contributed by atoms with Gasteiger partial charge in [-0.3, -0.25) is 20.1 Å². The van der Waals surface area contributed by atoms with Crippen LogP contribution in [0.1, 0.15) is 37.1 Å². The molecule has 2 N–H and O–H groups in total. The predicted molar refractivity (Wildman–Crippen MR) is 122 cm³/mol. The van der Waals surface area contributed by atoms with Gasteiger partial charge in [0.2, 0.25) is 0 Å². The molecular formula is C22H28F4N6O2Pd. The summed E-state index contributed by atoms with van der Waals surface area (Å²) in [5.74, 6) is -5.18. The Morgan fingerprint density at radius 2 is 1.26 bits per heavy atom. The minimum absolute atomic E-state index is 0. The molecule has 2 aromatic heterocycles. The van der Waals surface area contributed by atoms with Crippen LogP contribution in [0.4, 0.5) is 40.3 Å². The molecule has 0 saturated carbocycles. The van der Waals surface area contributed by atoms with E-state index in [-0.39, 0.29) is 64.9 Å². The fraction of sp³-hybridized carbons (Fsp3) is 0.545. The van der Waals surface area contributed by atoms with Crippen molar-refractivity contribution in [1.29, 1.82) is 0 Å². The van der Waals surface area contributed by atoms with E-state index in [1.165, 1.54) is 6.20 Å². The molecule has 2 aliphatic rings. The number of hydrogen-bond acceptors (Lipinski definition) is 7. The summed E-state index contributed by atoms with van der Waals surface area (Å²) in [5, 5.41) is 10.9. The first kappa shape index (κ1) is 28.7. The number of pyridine rings is 2. The van der Waals surface area contributed by atoms with Gasteiger partial charge in [-0.15, -0.1) is 0 Å². The van der Waals surface area contributed by atoms with Crippen LogP contribution in [0.2, 0.25) is 0 Å². The molecule has 0 unspecified atom stereocenters. The number of nitrogen functional groups attached to an aromatic ring is 1. The molecular weight excluding hydrogens is 563 g/mol. The Balaban J connectivity index is 0.000000241. The molecule has 2 saturated heterocycles. The zero-order chi connectivity index (χ0) is 25.1. The van der Waals surface area contributed by atoms with Gasteiger partial charge in [0, 0.05) is 83.7 Å².